The number of anilines is 1. The van der Waals surface area contributed by atoms with Crippen LogP contribution in [0.4, 0.5) is 5.69 Å². The summed E-state index contributed by atoms with van der Waals surface area (Å²) in [6.45, 7) is 7.20. The van der Waals surface area contributed by atoms with Crippen molar-refractivity contribution in [3.8, 4) is 5.69 Å². The molecule has 0 spiro atoms. The van der Waals surface area contributed by atoms with E-state index in [2.05, 4.69) is 20.8 Å². The number of nitrogens with one attached hydrogen (secondary N) is 1. The molecular formula is C20H21N5O2S. The van der Waals surface area contributed by atoms with E-state index in [9.17, 15) is 9.59 Å². The molecule has 0 fully saturated rings. The summed E-state index contributed by atoms with van der Waals surface area (Å²) < 4.78 is 1.56. The quantitative estimate of drug-likeness (QED) is 0.507. The van der Waals surface area contributed by atoms with Gasteiger partial charge in [0.05, 0.1) is 10.9 Å². The Morgan fingerprint density at radius 3 is 2.68 bits per heavy atom. The molecule has 0 aliphatic rings. The number of aryl methyl sites for hydroxylation is 2. The molecule has 0 saturated heterocycles. The normalized spacial score (nSPS) is 11.9. The molecule has 3 aromatic rings. The Balaban J connectivity index is 1.83. The van der Waals surface area contributed by atoms with E-state index >= 15 is 0 Å². The highest BCUT2D eigenvalue weighted by Gasteiger charge is 2.22. The van der Waals surface area contributed by atoms with Crippen LogP contribution in [0.3, 0.4) is 0 Å². The third-order valence-electron chi connectivity index (χ3n) is 4.16. The molecule has 8 heteroatoms. The average Bonchev–Trinajstić information content (AvgIpc) is 3.11. The van der Waals surface area contributed by atoms with Gasteiger partial charge in [-0.2, -0.15) is 4.68 Å². The topological polar surface area (TPSA) is 89.8 Å². The van der Waals surface area contributed by atoms with Crippen molar-refractivity contribution in [3.63, 3.8) is 0 Å². The number of hydrogen-bond donors (Lipinski definition) is 1. The minimum absolute atomic E-state index is 0.0350. The van der Waals surface area contributed by atoms with Gasteiger partial charge < -0.3 is 5.32 Å². The van der Waals surface area contributed by atoms with Gasteiger partial charge in [0.25, 0.3) is 0 Å². The molecule has 0 aliphatic heterocycles. The van der Waals surface area contributed by atoms with Crippen LogP contribution in [-0.4, -0.2) is 37.1 Å². The first-order valence-electron chi connectivity index (χ1n) is 8.79. The molecule has 1 atom stereocenters. The maximum atomic E-state index is 12.9. The number of benzene rings is 2. The van der Waals surface area contributed by atoms with Crippen molar-refractivity contribution in [1.82, 2.24) is 20.2 Å². The van der Waals surface area contributed by atoms with Crippen molar-refractivity contribution >= 4 is 29.1 Å². The van der Waals surface area contributed by atoms with E-state index < -0.39 is 0 Å². The molecule has 1 aromatic heterocycles. The molecule has 1 amide bonds. The van der Waals surface area contributed by atoms with Gasteiger partial charge in [0.15, 0.2) is 5.78 Å². The monoisotopic (exact) mass is 395 g/mol. The second-order valence-electron chi connectivity index (χ2n) is 6.55. The highest BCUT2D eigenvalue weighted by atomic mass is 32.2. The number of carbonyl (C=O) groups excluding carboxylic acids is 2. The lowest BCUT2D eigenvalue weighted by molar-refractivity contribution is -0.114. The van der Waals surface area contributed by atoms with Gasteiger partial charge in [0.1, 0.15) is 0 Å². The number of hydrogen-bond acceptors (Lipinski definition) is 6. The first-order chi connectivity index (χ1) is 13.3. The smallest absolute Gasteiger partial charge is 0.221 e. The SMILES string of the molecule is CC(=O)Nc1cccc(-n2nnnc2SC(C)C(=O)c2cc(C)ccc2C)c1. The predicted molar refractivity (Wildman–Crippen MR) is 109 cm³/mol. The number of thioether (sulfide) groups is 1. The fourth-order valence-corrected chi connectivity index (χ4v) is 3.64. The van der Waals surface area contributed by atoms with Crippen LogP contribution in [0.25, 0.3) is 5.69 Å². The average molecular weight is 395 g/mol. The Hall–Kier alpha value is -3.00. The Morgan fingerprint density at radius 1 is 1.14 bits per heavy atom. The number of rotatable bonds is 6. The lowest BCUT2D eigenvalue weighted by Crippen LogP contribution is -2.16. The van der Waals surface area contributed by atoms with Crippen molar-refractivity contribution in [2.45, 2.75) is 38.1 Å². The lowest BCUT2D eigenvalue weighted by atomic mass is 10.0. The molecule has 0 aliphatic carbocycles. The molecule has 1 unspecified atom stereocenters. The number of aromatic nitrogens is 4. The van der Waals surface area contributed by atoms with Crippen LogP contribution < -0.4 is 5.32 Å². The second-order valence-corrected chi connectivity index (χ2v) is 7.86. The Labute approximate surface area is 167 Å². The van der Waals surface area contributed by atoms with Gasteiger partial charge in [-0.1, -0.05) is 35.5 Å². The van der Waals surface area contributed by atoms with Crippen molar-refractivity contribution in [3.05, 3.63) is 59.2 Å². The molecule has 0 bridgehead atoms. The molecule has 144 valence electrons. The van der Waals surface area contributed by atoms with Gasteiger partial charge in [-0.05, 0) is 61.0 Å². The van der Waals surface area contributed by atoms with Gasteiger partial charge in [-0.25, -0.2) is 0 Å². The van der Waals surface area contributed by atoms with Gasteiger partial charge in [-0.15, -0.1) is 5.10 Å². The predicted octanol–water partition coefficient (Wildman–Crippen LogP) is 3.60. The summed E-state index contributed by atoms with van der Waals surface area (Å²) in [5, 5.41) is 14.7. The van der Waals surface area contributed by atoms with E-state index in [1.807, 2.05) is 45.0 Å². The highest BCUT2D eigenvalue weighted by molar-refractivity contribution is 8.00. The Morgan fingerprint density at radius 2 is 1.93 bits per heavy atom. The van der Waals surface area contributed by atoms with Crippen LogP contribution in [0.5, 0.6) is 0 Å². The van der Waals surface area contributed by atoms with Gasteiger partial charge in [0, 0.05) is 18.2 Å². The van der Waals surface area contributed by atoms with Gasteiger partial charge in [0.2, 0.25) is 11.1 Å². The Bertz CT molecular complexity index is 1030. The molecule has 0 saturated carbocycles. The van der Waals surface area contributed by atoms with E-state index in [4.69, 9.17) is 0 Å². The zero-order valence-corrected chi connectivity index (χ0v) is 16.9. The highest BCUT2D eigenvalue weighted by Crippen LogP contribution is 2.27. The molecule has 2 aromatic carbocycles. The Kier molecular flexibility index (Phi) is 5.89. The third-order valence-corrected chi connectivity index (χ3v) is 5.19. The van der Waals surface area contributed by atoms with Crippen LogP contribution in [0.2, 0.25) is 0 Å². The molecule has 3 rings (SSSR count). The van der Waals surface area contributed by atoms with Crippen LogP contribution >= 0.6 is 11.8 Å². The number of tetrazole rings is 1. The summed E-state index contributed by atoms with van der Waals surface area (Å²) >= 11 is 1.30. The number of amides is 1. The summed E-state index contributed by atoms with van der Waals surface area (Å²) in [6.07, 6.45) is 0. The van der Waals surface area contributed by atoms with Gasteiger partial charge >= 0.3 is 0 Å². The molecular weight excluding hydrogens is 374 g/mol. The lowest BCUT2D eigenvalue weighted by Gasteiger charge is -2.13. The molecule has 28 heavy (non-hydrogen) atoms. The number of nitrogens with zero attached hydrogens (tertiary/aromatic N) is 4. The standard InChI is InChI=1S/C20H21N5O2S/c1-12-8-9-13(2)18(10-12)19(27)14(3)28-20-22-23-24-25(20)17-7-5-6-16(11-17)21-15(4)26/h5-11,14H,1-4H3,(H,21,26). The second kappa shape index (κ2) is 8.35. The van der Waals surface area contributed by atoms with Crippen molar-refractivity contribution < 1.29 is 9.59 Å². The number of ketones is 1. The maximum Gasteiger partial charge on any atom is 0.221 e. The molecule has 1 N–H and O–H groups in total. The molecule has 7 nitrogen and oxygen atoms in total. The van der Waals surface area contributed by atoms with Crippen molar-refractivity contribution in [2.24, 2.45) is 0 Å². The first kappa shape index (κ1) is 19.8. The number of carbonyl (C=O) groups is 2. The van der Waals surface area contributed by atoms with Crippen LogP contribution in [-0.2, 0) is 4.79 Å². The van der Waals surface area contributed by atoms with E-state index in [0.717, 1.165) is 11.1 Å². The maximum absolute atomic E-state index is 12.9. The summed E-state index contributed by atoms with van der Waals surface area (Å²) in [7, 11) is 0. The number of Topliss-reactive ketones (excluding diaryl/α,β-unsaturated/α-hetero) is 1. The van der Waals surface area contributed by atoms with Crippen molar-refractivity contribution in [2.75, 3.05) is 5.32 Å². The van der Waals surface area contributed by atoms with Crippen LogP contribution in [0.1, 0.15) is 35.3 Å². The van der Waals surface area contributed by atoms with E-state index in [0.29, 0.717) is 22.1 Å². The summed E-state index contributed by atoms with van der Waals surface area (Å²) in [5.74, 6) is -0.121. The zero-order valence-electron chi connectivity index (χ0n) is 16.1. The summed E-state index contributed by atoms with van der Waals surface area (Å²) in [5.41, 5.74) is 4.06. The minimum atomic E-state index is -0.358. The van der Waals surface area contributed by atoms with E-state index in [1.165, 1.54) is 18.7 Å². The zero-order chi connectivity index (χ0) is 20.3. The summed E-state index contributed by atoms with van der Waals surface area (Å²) in [4.78, 5) is 24.2. The van der Waals surface area contributed by atoms with Crippen LogP contribution in [0, 0.1) is 13.8 Å². The summed E-state index contributed by atoms with van der Waals surface area (Å²) in [6, 6.07) is 13.1. The van der Waals surface area contributed by atoms with E-state index in [1.54, 1.807) is 22.9 Å². The fraction of sp³-hybridized carbons (Fsp3) is 0.250. The van der Waals surface area contributed by atoms with Gasteiger partial charge in [-0.3, -0.25) is 9.59 Å². The first-order valence-corrected chi connectivity index (χ1v) is 9.67. The van der Waals surface area contributed by atoms with Crippen LogP contribution in [0.15, 0.2) is 47.6 Å². The fourth-order valence-electron chi connectivity index (χ4n) is 2.77. The van der Waals surface area contributed by atoms with E-state index in [-0.39, 0.29) is 16.9 Å². The minimum Gasteiger partial charge on any atom is -0.326 e. The van der Waals surface area contributed by atoms with Crippen molar-refractivity contribution in [1.29, 1.82) is 0 Å². The third kappa shape index (κ3) is 4.45. The largest absolute Gasteiger partial charge is 0.326 e. The molecule has 0 radical (unpaired) electrons. The molecule has 1 heterocycles.